The quantitative estimate of drug-likeness (QED) is 0.525. The summed E-state index contributed by atoms with van der Waals surface area (Å²) in [5.74, 6) is 0.158. The maximum Gasteiger partial charge on any atom is 0.322 e. The monoisotopic (exact) mass is 407 g/mol. The van der Waals surface area contributed by atoms with Crippen molar-refractivity contribution in [1.29, 1.82) is 0 Å². The van der Waals surface area contributed by atoms with Gasteiger partial charge in [0, 0.05) is 10.0 Å². The van der Waals surface area contributed by atoms with Gasteiger partial charge in [-0.25, -0.2) is 0 Å². The molecule has 6 heteroatoms. The summed E-state index contributed by atoms with van der Waals surface area (Å²) in [6, 6.07) is 21.5. The van der Waals surface area contributed by atoms with Crippen LogP contribution in [0.4, 0.5) is 6.01 Å². The fraction of sp³-hybridized carbons (Fsp3) is 0.0500. The molecule has 0 spiro atoms. The van der Waals surface area contributed by atoms with Crippen molar-refractivity contribution in [1.82, 2.24) is 10.2 Å². The highest BCUT2D eigenvalue weighted by Gasteiger charge is 2.13. The zero-order valence-electron chi connectivity index (χ0n) is 13.6. The van der Waals surface area contributed by atoms with E-state index in [1.165, 1.54) is 0 Å². The van der Waals surface area contributed by atoms with Gasteiger partial charge in [-0.2, -0.15) is 0 Å². The molecule has 0 unspecified atom stereocenters. The first-order valence-corrected chi connectivity index (χ1v) is 8.84. The average Bonchev–Trinajstić information content (AvgIpc) is 3.11. The molecular formula is C20H14BrN3O2. The first-order valence-electron chi connectivity index (χ1n) is 8.05. The molecule has 0 saturated heterocycles. The average molecular weight is 408 g/mol. The van der Waals surface area contributed by atoms with Gasteiger partial charge in [-0.1, -0.05) is 63.5 Å². The van der Waals surface area contributed by atoms with Crippen LogP contribution < -0.4 is 5.32 Å². The number of benzene rings is 3. The number of anilines is 1. The van der Waals surface area contributed by atoms with Crippen LogP contribution in [-0.2, 0) is 11.2 Å². The minimum atomic E-state index is -0.202. The van der Waals surface area contributed by atoms with Gasteiger partial charge in [0.05, 0.1) is 6.42 Å². The molecule has 4 aromatic rings. The van der Waals surface area contributed by atoms with Crippen LogP contribution in [0.3, 0.4) is 0 Å². The molecule has 4 rings (SSSR count). The molecule has 26 heavy (non-hydrogen) atoms. The van der Waals surface area contributed by atoms with E-state index in [1.807, 2.05) is 66.7 Å². The van der Waals surface area contributed by atoms with Crippen molar-refractivity contribution in [3.63, 3.8) is 0 Å². The Morgan fingerprint density at radius 1 is 0.962 bits per heavy atom. The van der Waals surface area contributed by atoms with Crippen LogP contribution in [-0.4, -0.2) is 16.1 Å². The number of carbonyl (C=O) groups excluding carboxylic acids is 1. The van der Waals surface area contributed by atoms with Gasteiger partial charge >= 0.3 is 6.01 Å². The molecule has 1 heterocycles. The molecular weight excluding hydrogens is 394 g/mol. The van der Waals surface area contributed by atoms with E-state index in [2.05, 4.69) is 31.4 Å². The van der Waals surface area contributed by atoms with Crippen LogP contribution in [0.15, 0.2) is 75.6 Å². The largest absolute Gasteiger partial charge is 0.403 e. The lowest BCUT2D eigenvalue weighted by atomic mass is 10.0. The molecule has 5 nitrogen and oxygen atoms in total. The van der Waals surface area contributed by atoms with Gasteiger partial charge in [-0.3, -0.25) is 10.1 Å². The Balaban J connectivity index is 1.49. The van der Waals surface area contributed by atoms with Crippen LogP contribution in [0.25, 0.3) is 22.2 Å². The van der Waals surface area contributed by atoms with E-state index < -0.39 is 0 Å². The lowest BCUT2D eigenvalue weighted by molar-refractivity contribution is -0.115. The van der Waals surface area contributed by atoms with Gasteiger partial charge in [0.15, 0.2) is 0 Å². The highest BCUT2D eigenvalue weighted by Crippen LogP contribution is 2.23. The number of halogens is 1. The molecule has 0 aliphatic rings. The zero-order chi connectivity index (χ0) is 17.9. The van der Waals surface area contributed by atoms with Crippen molar-refractivity contribution < 1.29 is 9.21 Å². The SMILES string of the molecule is O=C(Cc1cccc2ccccc12)Nc1nnc(-c2ccc(Br)cc2)o1. The van der Waals surface area contributed by atoms with Gasteiger partial charge in [-0.15, -0.1) is 5.10 Å². The van der Waals surface area contributed by atoms with Crippen molar-refractivity contribution in [3.8, 4) is 11.5 Å². The highest BCUT2D eigenvalue weighted by molar-refractivity contribution is 9.10. The minimum Gasteiger partial charge on any atom is -0.403 e. The van der Waals surface area contributed by atoms with Gasteiger partial charge in [0.2, 0.25) is 11.8 Å². The van der Waals surface area contributed by atoms with Crippen molar-refractivity contribution in [2.75, 3.05) is 5.32 Å². The molecule has 3 aromatic carbocycles. The Morgan fingerprint density at radius 3 is 2.58 bits per heavy atom. The van der Waals surface area contributed by atoms with E-state index in [1.54, 1.807) is 0 Å². The van der Waals surface area contributed by atoms with Gasteiger partial charge in [0.25, 0.3) is 0 Å². The fourth-order valence-corrected chi connectivity index (χ4v) is 3.03. The van der Waals surface area contributed by atoms with Crippen LogP contribution in [0.2, 0.25) is 0 Å². The fourth-order valence-electron chi connectivity index (χ4n) is 2.77. The summed E-state index contributed by atoms with van der Waals surface area (Å²) in [7, 11) is 0. The number of nitrogens with one attached hydrogen (secondary N) is 1. The third-order valence-corrected chi connectivity index (χ3v) is 4.52. The number of hydrogen-bond donors (Lipinski definition) is 1. The summed E-state index contributed by atoms with van der Waals surface area (Å²) in [6.45, 7) is 0. The Hall–Kier alpha value is -2.99. The topological polar surface area (TPSA) is 68.0 Å². The molecule has 1 amide bonds. The van der Waals surface area contributed by atoms with Gasteiger partial charge in [0.1, 0.15) is 0 Å². The number of nitrogens with zero attached hydrogens (tertiary/aromatic N) is 2. The summed E-state index contributed by atoms with van der Waals surface area (Å²) < 4.78 is 6.50. The second-order valence-electron chi connectivity index (χ2n) is 5.78. The highest BCUT2D eigenvalue weighted by atomic mass is 79.9. The number of fused-ring (bicyclic) bond motifs is 1. The first kappa shape index (κ1) is 16.5. The minimum absolute atomic E-state index is 0.0909. The second-order valence-corrected chi connectivity index (χ2v) is 6.70. The van der Waals surface area contributed by atoms with Crippen molar-refractivity contribution in [2.45, 2.75) is 6.42 Å². The van der Waals surface area contributed by atoms with Crippen molar-refractivity contribution in [3.05, 3.63) is 76.8 Å². The number of aromatic nitrogens is 2. The Labute approximate surface area is 158 Å². The van der Waals surface area contributed by atoms with E-state index in [0.717, 1.165) is 26.4 Å². The summed E-state index contributed by atoms with van der Waals surface area (Å²) >= 11 is 3.38. The summed E-state index contributed by atoms with van der Waals surface area (Å²) in [5.41, 5.74) is 1.74. The third kappa shape index (κ3) is 3.50. The normalized spacial score (nSPS) is 10.8. The van der Waals surface area contributed by atoms with Crippen LogP contribution >= 0.6 is 15.9 Å². The number of carbonyl (C=O) groups is 1. The lowest BCUT2D eigenvalue weighted by Crippen LogP contribution is -2.14. The standard InChI is InChI=1S/C20H14BrN3O2/c21-16-10-8-14(9-11-16)19-23-24-20(26-19)22-18(25)12-15-6-3-5-13-4-1-2-7-17(13)15/h1-11H,12H2,(H,22,24,25). The van der Waals surface area contributed by atoms with Crippen molar-refractivity contribution >= 4 is 38.6 Å². The molecule has 0 bridgehead atoms. The maximum absolute atomic E-state index is 12.4. The summed E-state index contributed by atoms with van der Waals surface area (Å²) in [6.07, 6.45) is 0.233. The summed E-state index contributed by atoms with van der Waals surface area (Å²) in [4.78, 5) is 12.4. The van der Waals surface area contributed by atoms with Gasteiger partial charge in [-0.05, 0) is 40.6 Å². The smallest absolute Gasteiger partial charge is 0.322 e. The summed E-state index contributed by atoms with van der Waals surface area (Å²) in [5, 5.41) is 12.7. The molecule has 0 saturated carbocycles. The predicted molar refractivity (Wildman–Crippen MR) is 104 cm³/mol. The maximum atomic E-state index is 12.4. The van der Waals surface area contributed by atoms with Gasteiger partial charge < -0.3 is 4.42 Å². The molecule has 0 fully saturated rings. The molecule has 0 aliphatic carbocycles. The molecule has 0 atom stereocenters. The number of rotatable bonds is 4. The van der Waals surface area contributed by atoms with E-state index in [9.17, 15) is 4.79 Å². The van der Waals surface area contributed by atoms with E-state index in [4.69, 9.17) is 4.42 Å². The molecule has 0 aliphatic heterocycles. The van der Waals surface area contributed by atoms with Crippen LogP contribution in [0.1, 0.15) is 5.56 Å². The third-order valence-electron chi connectivity index (χ3n) is 3.99. The van der Waals surface area contributed by atoms with Crippen molar-refractivity contribution in [2.24, 2.45) is 0 Å². The zero-order valence-corrected chi connectivity index (χ0v) is 15.2. The van der Waals surface area contributed by atoms with E-state index >= 15 is 0 Å². The van der Waals surface area contributed by atoms with E-state index in [-0.39, 0.29) is 18.3 Å². The number of amides is 1. The second kappa shape index (κ2) is 7.09. The number of hydrogen-bond acceptors (Lipinski definition) is 4. The Kier molecular flexibility index (Phi) is 4.50. The molecule has 1 N–H and O–H groups in total. The predicted octanol–water partition coefficient (Wildman–Crippen LogP) is 4.83. The lowest BCUT2D eigenvalue weighted by Gasteiger charge is -2.05. The molecule has 1 aromatic heterocycles. The first-order chi connectivity index (χ1) is 12.7. The van der Waals surface area contributed by atoms with E-state index in [0.29, 0.717) is 5.89 Å². The molecule has 128 valence electrons. The van der Waals surface area contributed by atoms with Crippen LogP contribution in [0, 0.1) is 0 Å². The Bertz CT molecular complexity index is 1070. The Morgan fingerprint density at radius 2 is 1.73 bits per heavy atom. The van der Waals surface area contributed by atoms with Crippen LogP contribution in [0.5, 0.6) is 0 Å². The molecule has 0 radical (unpaired) electrons.